The van der Waals surface area contributed by atoms with E-state index in [1.54, 1.807) is 13.1 Å². The maximum absolute atomic E-state index is 13.2. The number of hydrogen-bond donors (Lipinski definition) is 5. The predicted molar refractivity (Wildman–Crippen MR) is 262 cm³/mol. The Kier molecular flexibility index (Phi) is 12.9. The molecule has 0 radical (unpaired) electrons. The summed E-state index contributed by atoms with van der Waals surface area (Å²) in [6.45, 7) is 17.3. The molecule has 60 heavy (non-hydrogen) atoms. The summed E-state index contributed by atoms with van der Waals surface area (Å²) >= 11 is 19.1. The van der Waals surface area contributed by atoms with Gasteiger partial charge in [-0.2, -0.15) is 4.58 Å². The minimum Gasteiger partial charge on any atom is -0.352 e. The molecule has 0 bridgehead atoms. The second-order valence-electron chi connectivity index (χ2n) is 16.9. The Morgan fingerprint density at radius 1 is 0.800 bits per heavy atom. The fourth-order valence-corrected chi connectivity index (χ4v) is 10.6. The summed E-state index contributed by atoms with van der Waals surface area (Å²) < 4.78 is 2.40. The van der Waals surface area contributed by atoms with Crippen LogP contribution in [0.5, 0.6) is 0 Å². The molecule has 10 heteroatoms. The molecule has 4 aromatic carbocycles. The molecule has 0 fully saturated rings. The number of nitrogens with zero attached hydrogens (tertiary/aromatic N) is 3. The largest absolute Gasteiger partial charge is 0.352 e. The molecule has 5 aromatic rings. The number of hydrogen-bond acceptors (Lipinski definition) is 8. The van der Waals surface area contributed by atoms with Crippen molar-refractivity contribution < 1.29 is 14.2 Å². The Hall–Kier alpha value is -4.22. The van der Waals surface area contributed by atoms with Crippen molar-refractivity contribution in [3.05, 3.63) is 119 Å². The van der Waals surface area contributed by atoms with Crippen LogP contribution in [0.4, 0.5) is 11.4 Å². The van der Waals surface area contributed by atoms with E-state index in [2.05, 4.69) is 117 Å². The van der Waals surface area contributed by atoms with Crippen molar-refractivity contribution in [1.29, 1.82) is 0 Å². The second kappa shape index (κ2) is 17.6. The van der Waals surface area contributed by atoms with Crippen LogP contribution in [0.25, 0.3) is 27.1 Å². The first-order valence-corrected chi connectivity index (χ1v) is 22.6. The summed E-state index contributed by atoms with van der Waals surface area (Å²) in [4.78, 5) is 35.4. The molecule has 1 aromatic heterocycles. The zero-order valence-corrected chi connectivity index (χ0v) is 39.1. The van der Waals surface area contributed by atoms with Gasteiger partial charge in [-0.15, -0.1) is 50.5 Å². The zero-order valence-electron chi connectivity index (χ0n) is 35.6. The average molecular weight is 872 g/mol. The number of ketones is 1. The van der Waals surface area contributed by atoms with Crippen LogP contribution in [-0.4, -0.2) is 46.6 Å². The van der Waals surface area contributed by atoms with Crippen LogP contribution in [0.3, 0.4) is 0 Å². The van der Waals surface area contributed by atoms with Gasteiger partial charge in [0.1, 0.15) is 12.3 Å². The van der Waals surface area contributed by atoms with Gasteiger partial charge in [0.15, 0.2) is 5.71 Å². The van der Waals surface area contributed by atoms with Crippen molar-refractivity contribution in [2.45, 2.75) is 105 Å². The Morgan fingerprint density at radius 3 is 2.08 bits per heavy atom. The van der Waals surface area contributed by atoms with Crippen LogP contribution >= 0.6 is 50.5 Å². The van der Waals surface area contributed by atoms with Gasteiger partial charge in [-0.3, -0.25) is 9.78 Å². The Morgan fingerprint density at radius 2 is 1.47 bits per heavy atom. The molecule has 0 spiro atoms. The highest BCUT2D eigenvalue weighted by atomic mass is 32.1. The minimum atomic E-state index is -0.332. The lowest BCUT2D eigenvalue weighted by molar-refractivity contribution is -0.433. The predicted octanol–water partition coefficient (Wildman–Crippen LogP) is 12.2. The summed E-state index contributed by atoms with van der Waals surface area (Å²) in [6.07, 6.45) is 13.6. The van der Waals surface area contributed by atoms with E-state index in [-0.39, 0.29) is 22.5 Å². The number of nitrogens with one attached hydrogen (secondary N) is 1. The maximum atomic E-state index is 13.2. The van der Waals surface area contributed by atoms with Gasteiger partial charge >= 0.3 is 0 Å². The number of carbonyl (C=O) groups excluding carboxylic acids is 2. The van der Waals surface area contributed by atoms with Crippen molar-refractivity contribution in [3.63, 3.8) is 0 Å². The summed E-state index contributed by atoms with van der Waals surface area (Å²) in [5.74, 6) is 0.0405. The topological polar surface area (TPSA) is 65.3 Å². The molecule has 3 heterocycles. The van der Waals surface area contributed by atoms with E-state index in [0.29, 0.717) is 18.5 Å². The molecule has 7 rings (SSSR count). The number of rotatable bonds is 13. The summed E-state index contributed by atoms with van der Waals surface area (Å²) in [6, 6.07) is 20.9. The quantitative estimate of drug-likeness (QED) is 0.0354. The molecule has 0 saturated carbocycles. The third-order valence-corrected chi connectivity index (χ3v) is 13.4. The minimum absolute atomic E-state index is 0.158. The Balaban J connectivity index is 1.29. The van der Waals surface area contributed by atoms with Gasteiger partial charge in [0.2, 0.25) is 5.69 Å². The molecule has 310 valence electrons. The number of likely N-dealkylation sites (N-methyl/N-ethyl adjacent to an activating group) is 1. The van der Waals surface area contributed by atoms with Gasteiger partial charge in [0.05, 0.1) is 16.7 Å². The van der Waals surface area contributed by atoms with Gasteiger partial charge in [0.25, 0.3) is 5.91 Å². The van der Waals surface area contributed by atoms with E-state index < -0.39 is 0 Å². The van der Waals surface area contributed by atoms with E-state index in [0.717, 1.165) is 84.7 Å². The summed E-state index contributed by atoms with van der Waals surface area (Å²) in [7, 11) is 0. The van der Waals surface area contributed by atoms with Crippen LogP contribution < -0.4 is 10.2 Å². The number of allylic oxidation sites excluding steroid dienone is 6. The number of thiol groups is 4. The standard InChI is InChI=1S/C50H54N4O2S4/c1-8-53-40-20-17-35-37(25-33(57)27-42(35)59)46(40)49(4,5)44(53)22-15-31(39-19-14-32(29-52-39)48(56)51-24-12-10-11-13-30(3)55)16-23-45-50(6,7)47-38-26-34(58)28-43(60)36(38)18-21-41(47)54(45)9-2/h14-23,25-29H,8-13,24H2,1-7H3,(H4-,51,56,57,58,59,60)/p+1. The van der Waals surface area contributed by atoms with Crippen molar-refractivity contribution in [2.75, 3.05) is 24.5 Å². The average Bonchev–Trinajstić information content (AvgIpc) is 3.56. The molecule has 0 saturated heterocycles. The number of aromatic nitrogens is 1. The molecular weight excluding hydrogens is 817 g/mol. The van der Waals surface area contributed by atoms with Crippen molar-refractivity contribution in [3.8, 4) is 0 Å². The number of Topliss-reactive ketones (excluding diaryl/α,β-unsaturated/α-hetero) is 1. The van der Waals surface area contributed by atoms with E-state index in [1.807, 2.05) is 24.3 Å². The first kappa shape index (κ1) is 43.9. The highest BCUT2D eigenvalue weighted by molar-refractivity contribution is 7.81. The van der Waals surface area contributed by atoms with Crippen molar-refractivity contribution in [1.82, 2.24) is 10.3 Å². The molecule has 2 aliphatic heterocycles. The molecule has 0 atom stereocenters. The highest BCUT2D eigenvalue weighted by Gasteiger charge is 2.45. The fraction of sp³-hybridized carbons (Fsp3) is 0.320. The van der Waals surface area contributed by atoms with Crippen LogP contribution in [0, 0.1) is 0 Å². The van der Waals surface area contributed by atoms with E-state index in [1.165, 1.54) is 33.9 Å². The lowest BCUT2D eigenvalue weighted by Crippen LogP contribution is -2.27. The maximum Gasteiger partial charge on any atom is 0.252 e. The normalized spacial score (nSPS) is 16.4. The van der Waals surface area contributed by atoms with Crippen LogP contribution in [0.2, 0.25) is 0 Å². The molecule has 6 nitrogen and oxygen atoms in total. The number of fused-ring (bicyclic) bond motifs is 6. The Labute approximate surface area is 377 Å². The van der Waals surface area contributed by atoms with Crippen molar-refractivity contribution >= 4 is 106 Å². The monoisotopic (exact) mass is 871 g/mol. The first-order valence-electron chi connectivity index (χ1n) is 20.8. The van der Waals surface area contributed by atoms with E-state index in [4.69, 9.17) is 55.5 Å². The molecule has 0 aliphatic carbocycles. The number of pyridine rings is 1. The lowest BCUT2D eigenvalue weighted by atomic mass is 9.79. The summed E-state index contributed by atoms with van der Waals surface area (Å²) in [5.41, 5.74) is 8.76. The third-order valence-electron chi connectivity index (χ3n) is 12.1. The zero-order chi connectivity index (χ0) is 43.1. The molecule has 1 amide bonds. The SMILES string of the molecule is CCN1/C(=C/C=C(/C=C/C2=[N+](CC)c3ccc4c(S)cc(S)cc4c3C2(C)C)c2ccc(C(=O)NCCCCCC(C)=O)cn2)C(C)(C)c2c1ccc1c(S)cc(S)cc21. The number of anilines is 1. The van der Waals surface area contributed by atoms with Gasteiger partial charge in [-0.1, -0.05) is 32.4 Å². The molecule has 1 N–H and O–H groups in total. The molecule has 2 aliphatic rings. The number of amides is 1. The Bertz CT molecular complexity index is 2670. The lowest BCUT2D eigenvalue weighted by Gasteiger charge is -2.26. The number of carbonyl (C=O) groups is 2. The fourth-order valence-electron chi connectivity index (χ4n) is 9.25. The van der Waals surface area contributed by atoms with E-state index in [9.17, 15) is 9.59 Å². The van der Waals surface area contributed by atoms with Crippen LogP contribution in [-0.2, 0) is 15.6 Å². The summed E-state index contributed by atoms with van der Waals surface area (Å²) in [5, 5.41) is 7.57. The van der Waals surface area contributed by atoms with E-state index >= 15 is 0 Å². The molecular formula is C50H55N4O2S4+. The van der Waals surface area contributed by atoms with Gasteiger partial charge in [0, 0.05) is 85.4 Å². The smallest absolute Gasteiger partial charge is 0.252 e. The van der Waals surface area contributed by atoms with Gasteiger partial charge in [-0.25, -0.2) is 0 Å². The number of unbranched alkanes of at least 4 members (excludes halogenated alkanes) is 2. The van der Waals surface area contributed by atoms with Gasteiger partial charge < -0.3 is 15.0 Å². The second-order valence-corrected chi connectivity index (χ2v) is 18.9. The first-order chi connectivity index (χ1) is 28.6. The van der Waals surface area contributed by atoms with Gasteiger partial charge in [-0.05, 0) is 135 Å². The van der Waals surface area contributed by atoms with Crippen molar-refractivity contribution in [2.24, 2.45) is 0 Å². The molecule has 0 unspecified atom stereocenters. The third kappa shape index (κ3) is 8.25. The van der Waals surface area contributed by atoms with Crippen LogP contribution in [0.1, 0.15) is 101 Å². The van der Waals surface area contributed by atoms with Crippen LogP contribution in [0.15, 0.2) is 116 Å². The number of benzene rings is 4. The highest BCUT2D eigenvalue weighted by Crippen LogP contribution is 2.52.